The van der Waals surface area contributed by atoms with Gasteiger partial charge in [0.15, 0.2) is 0 Å². The molecule has 0 aliphatic carbocycles. The van der Waals surface area contributed by atoms with Gasteiger partial charge in [-0.05, 0) is 18.6 Å². The molecule has 1 aromatic carbocycles. The molecule has 0 saturated carbocycles. The van der Waals surface area contributed by atoms with Crippen molar-refractivity contribution in [3.05, 3.63) is 35.4 Å². The molecule has 0 radical (unpaired) electrons. The number of hydrogen-bond acceptors (Lipinski definition) is 2. The van der Waals surface area contributed by atoms with E-state index >= 15 is 0 Å². The Kier molecular flexibility index (Phi) is 3.17. The summed E-state index contributed by atoms with van der Waals surface area (Å²) in [6, 6.07) is 6.49. The molecule has 5 heteroatoms. The van der Waals surface area contributed by atoms with Crippen LogP contribution in [0.4, 0.5) is 8.78 Å². The Morgan fingerprint density at radius 2 is 1.59 bits per heavy atom. The number of nitrogens with zero attached hydrogens (tertiary/aromatic N) is 1. The maximum Gasteiger partial charge on any atom is 0.261 e. The molecule has 1 aromatic rings. The van der Waals surface area contributed by atoms with E-state index in [1.807, 2.05) is 0 Å². The Hall–Kier alpha value is -1.78. The highest BCUT2D eigenvalue weighted by atomic mass is 19.3. The minimum absolute atomic E-state index is 0.0523. The van der Waals surface area contributed by atoms with Gasteiger partial charge in [-0.25, -0.2) is 8.78 Å². The predicted octanol–water partition coefficient (Wildman–Crippen LogP) is 2.33. The fraction of sp³-hybridized carbons (Fsp3) is 0.333. The Morgan fingerprint density at radius 3 is 2.06 bits per heavy atom. The third-order valence-corrected chi connectivity index (χ3v) is 2.68. The summed E-state index contributed by atoms with van der Waals surface area (Å²) in [5.41, 5.74) is 0.712. The zero-order valence-electron chi connectivity index (χ0n) is 9.03. The van der Waals surface area contributed by atoms with Crippen molar-refractivity contribution in [3.63, 3.8) is 0 Å². The Balaban J connectivity index is 2.08. The van der Waals surface area contributed by atoms with Gasteiger partial charge < -0.3 is 0 Å². The summed E-state index contributed by atoms with van der Waals surface area (Å²) in [6.45, 7) is 0.0523. The monoisotopic (exact) mass is 239 g/mol. The van der Waals surface area contributed by atoms with Gasteiger partial charge in [-0.15, -0.1) is 0 Å². The van der Waals surface area contributed by atoms with Crippen LogP contribution in [0.25, 0.3) is 0 Å². The van der Waals surface area contributed by atoms with Crippen molar-refractivity contribution in [2.45, 2.75) is 19.3 Å². The van der Waals surface area contributed by atoms with Gasteiger partial charge in [-0.1, -0.05) is 12.1 Å². The molecule has 2 amide bonds. The van der Waals surface area contributed by atoms with Crippen molar-refractivity contribution in [1.29, 1.82) is 0 Å². The van der Waals surface area contributed by atoms with Crippen LogP contribution in [-0.2, 0) is 0 Å². The summed E-state index contributed by atoms with van der Waals surface area (Å²) in [5.74, 6) is -0.778. The molecule has 0 saturated heterocycles. The van der Waals surface area contributed by atoms with Crippen LogP contribution in [0, 0.1) is 0 Å². The summed E-state index contributed by atoms with van der Waals surface area (Å²) in [4.78, 5) is 24.6. The van der Waals surface area contributed by atoms with E-state index < -0.39 is 6.43 Å². The topological polar surface area (TPSA) is 37.4 Å². The van der Waals surface area contributed by atoms with Crippen LogP contribution in [0.15, 0.2) is 24.3 Å². The minimum atomic E-state index is -2.40. The van der Waals surface area contributed by atoms with Gasteiger partial charge in [0, 0.05) is 13.0 Å². The maximum absolute atomic E-state index is 12.0. The Labute approximate surface area is 97.0 Å². The third-order valence-electron chi connectivity index (χ3n) is 2.68. The number of hydrogen-bond donors (Lipinski definition) is 0. The van der Waals surface area contributed by atoms with Gasteiger partial charge in [0.1, 0.15) is 0 Å². The molecule has 0 bridgehead atoms. The molecule has 0 fully saturated rings. The summed E-state index contributed by atoms with van der Waals surface area (Å²) in [5, 5.41) is 0. The first-order valence-electron chi connectivity index (χ1n) is 5.34. The summed E-state index contributed by atoms with van der Waals surface area (Å²) >= 11 is 0. The van der Waals surface area contributed by atoms with Crippen molar-refractivity contribution in [2.75, 3.05) is 6.54 Å². The van der Waals surface area contributed by atoms with E-state index in [0.717, 1.165) is 4.90 Å². The first-order chi connectivity index (χ1) is 8.11. The van der Waals surface area contributed by atoms with Crippen LogP contribution < -0.4 is 0 Å². The minimum Gasteiger partial charge on any atom is -0.274 e. The first kappa shape index (κ1) is 11.7. The summed E-state index contributed by atoms with van der Waals surface area (Å²) in [6.07, 6.45) is -2.57. The van der Waals surface area contributed by atoms with E-state index in [2.05, 4.69) is 0 Å². The van der Waals surface area contributed by atoms with E-state index in [9.17, 15) is 18.4 Å². The normalized spacial score (nSPS) is 14.6. The van der Waals surface area contributed by atoms with Crippen LogP contribution in [0.3, 0.4) is 0 Å². The Bertz CT molecular complexity index is 425. The smallest absolute Gasteiger partial charge is 0.261 e. The highest BCUT2D eigenvalue weighted by Gasteiger charge is 2.34. The zero-order valence-corrected chi connectivity index (χ0v) is 9.03. The summed E-state index contributed by atoms with van der Waals surface area (Å²) < 4.78 is 24.0. The highest BCUT2D eigenvalue weighted by Crippen LogP contribution is 2.22. The van der Waals surface area contributed by atoms with Gasteiger partial charge >= 0.3 is 0 Å². The molecule has 90 valence electrons. The number of carbonyl (C=O) groups excluding carboxylic acids is 2. The van der Waals surface area contributed by atoms with Gasteiger partial charge in [0.05, 0.1) is 11.1 Å². The number of benzene rings is 1. The first-order valence-corrected chi connectivity index (χ1v) is 5.34. The van der Waals surface area contributed by atoms with Gasteiger partial charge in [-0.3, -0.25) is 14.5 Å². The number of alkyl halides is 2. The third kappa shape index (κ3) is 2.18. The predicted molar refractivity (Wildman–Crippen MR) is 57.0 cm³/mol. The Morgan fingerprint density at radius 1 is 1.06 bits per heavy atom. The molecule has 0 spiro atoms. The van der Waals surface area contributed by atoms with E-state index in [0.29, 0.717) is 11.1 Å². The van der Waals surface area contributed by atoms with Crippen molar-refractivity contribution in [2.24, 2.45) is 0 Å². The van der Waals surface area contributed by atoms with E-state index in [-0.39, 0.29) is 31.2 Å². The zero-order chi connectivity index (χ0) is 12.4. The van der Waals surface area contributed by atoms with Gasteiger partial charge in [0.2, 0.25) is 6.43 Å². The maximum atomic E-state index is 12.0. The van der Waals surface area contributed by atoms with Crippen molar-refractivity contribution in [1.82, 2.24) is 4.90 Å². The molecule has 0 aromatic heterocycles. The molecule has 0 unspecified atom stereocenters. The van der Waals surface area contributed by atoms with Crippen LogP contribution in [0.2, 0.25) is 0 Å². The number of halogens is 2. The van der Waals surface area contributed by atoms with Crippen molar-refractivity contribution in [3.8, 4) is 0 Å². The van der Waals surface area contributed by atoms with E-state index in [4.69, 9.17) is 0 Å². The van der Waals surface area contributed by atoms with Crippen LogP contribution in [0.1, 0.15) is 33.6 Å². The quantitative estimate of drug-likeness (QED) is 0.756. The lowest BCUT2D eigenvalue weighted by Crippen LogP contribution is -2.30. The molecule has 1 heterocycles. The molecule has 17 heavy (non-hydrogen) atoms. The van der Waals surface area contributed by atoms with Crippen LogP contribution in [-0.4, -0.2) is 29.7 Å². The fourth-order valence-corrected chi connectivity index (χ4v) is 1.85. The molecule has 1 aliphatic rings. The largest absolute Gasteiger partial charge is 0.274 e. The van der Waals surface area contributed by atoms with E-state index in [1.54, 1.807) is 24.3 Å². The number of amides is 2. The molecular weight excluding hydrogens is 228 g/mol. The molecule has 0 atom stereocenters. The average Bonchev–Trinajstić information content (AvgIpc) is 2.54. The lowest BCUT2D eigenvalue weighted by molar-refractivity contribution is 0.0634. The lowest BCUT2D eigenvalue weighted by Gasteiger charge is -2.12. The van der Waals surface area contributed by atoms with Crippen LogP contribution >= 0.6 is 0 Å². The SMILES string of the molecule is O=C1c2ccccc2C(=O)N1CCCC(F)F. The second-order valence-corrected chi connectivity index (χ2v) is 3.84. The van der Waals surface area contributed by atoms with Gasteiger partial charge in [-0.2, -0.15) is 0 Å². The molecule has 0 N–H and O–H groups in total. The lowest BCUT2D eigenvalue weighted by atomic mass is 10.1. The van der Waals surface area contributed by atoms with Crippen molar-refractivity contribution >= 4 is 11.8 Å². The molecule has 1 aliphatic heterocycles. The van der Waals surface area contributed by atoms with Gasteiger partial charge in [0.25, 0.3) is 11.8 Å². The second kappa shape index (κ2) is 4.61. The number of carbonyl (C=O) groups is 2. The number of imide groups is 1. The number of fused-ring (bicyclic) bond motifs is 1. The summed E-state index contributed by atoms with van der Waals surface area (Å²) in [7, 11) is 0. The second-order valence-electron chi connectivity index (χ2n) is 3.84. The molecule has 3 nitrogen and oxygen atoms in total. The standard InChI is InChI=1S/C12H11F2NO2/c13-10(14)6-3-7-15-11(16)8-4-1-2-5-9(8)12(15)17/h1-2,4-5,10H,3,6-7H2. The van der Waals surface area contributed by atoms with Crippen LogP contribution in [0.5, 0.6) is 0 Å². The highest BCUT2D eigenvalue weighted by molar-refractivity contribution is 6.21. The fourth-order valence-electron chi connectivity index (χ4n) is 1.85. The van der Waals surface area contributed by atoms with Crippen molar-refractivity contribution < 1.29 is 18.4 Å². The molecule has 2 rings (SSSR count). The molecular formula is C12H11F2NO2. The van der Waals surface area contributed by atoms with E-state index in [1.165, 1.54) is 0 Å². The average molecular weight is 239 g/mol. The number of rotatable bonds is 4.